The van der Waals surface area contributed by atoms with Crippen LogP contribution in [-0.4, -0.2) is 29.8 Å². The summed E-state index contributed by atoms with van der Waals surface area (Å²) in [5.41, 5.74) is 2.33. The summed E-state index contributed by atoms with van der Waals surface area (Å²) in [6, 6.07) is 15.4. The van der Waals surface area contributed by atoms with Crippen molar-refractivity contribution >= 4 is 33.3 Å². The number of para-hydroxylation sites is 1. The molecule has 1 amide bonds. The number of amides is 1. The molecule has 1 aliphatic rings. The van der Waals surface area contributed by atoms with Gasteiger partial charge in [0.25, 0.3) is 5.78 Å². The van der Waals surface area contributed by atoms with Crippen molar-refractivity contribution in [3.05, 3.63) is 64.1 Å². The SMILES string of the molecule is CCN(Cc1ccccc1)CN1C(=O)C(=O)c2cccc(Br)c21. The first-order valence-corrected chi connectivity index (χ1v) is 8.32. The summed E-state index contributed by atoms with van der Waals surface area (Å²) in [6.45, 7) is 3.96. The smallest absolute Gasteiger partial charge is 0.290 e. The molecule has 1 heterocycles. The van der Waals surface area contributed by atoms with Crippen LogP contribution in [0.1, 0.15) is 22.8 Å². The van der Waals surface area contributed by atoms with Crippen LogP contribution in [0, 0.1) is 0 Å². The Bertz CT molecular complexity index is 746. The van der Waals surface area contributed by atoms with Gasteiger partial charge in [0, 0.05) is 11.0 Å². The van der Waals surface area contributed by atoms with Crippen LogP contribution in [0.4, 0.5) is 5.69 Å². The molecule has 2 aromatic carbocycles. The van der Waals surface area contributed by atoms with Crippen LogP contribution in [0.3, 0.4) is 0 Å². The molecule has 3 rings (SSSR count). The molecule has 0 N–H and O–H groups in total. The zero-order valence-electron chi connectivity index (χ0n) is 12.8. The molecule has 118 valence electrons. The molecule has 5 heteroatoms. The van der Waals surface area contributed by atoms with Crippen LogP contribution in [0.5, 0.6) is 0 Å². The van der Waals surface area contributed by atoms with E-state index in [-0.39, 0.29) is 0 Å². The highest BCUT2D eigenvalue weighted by Gasteiger charge is 2.37. The molecule has 23 heavy (non-hydrogen) atoms. The summed E-state index contributed by atoms with van der Waals surface area (Å²) in [7, 11) is 0. The van der Waals surface area contributed by atoms with Crippen molar-refractivity contribution in [2.45, 2.75) is 13.5 Å². The van der Waals surface area contributed by atoms with Gasteiger partial charge in [0.2, 0.25) is 0 Å². The molecule has 4 nitrogen and oxygen atoms in total. The van der Waals surface area contributed by atoms with E-state index < -0.39 is 11.7 Å². The van der Waals surface area contributed by atoms with Gasteiger partial charge in [-0.25, -0.2) is 0 Å². The maximum absolute atomic E-state index is 12.3. The quantitative estimate of drug-likeness (QED) is 0.754. The number of rotatable bonds is 5. The molecular weight excluding hydrogens is 356 g/mol. The predicted molar refractivity (Wildman–Crippen MR) is 93.4 cm³/mol. The molecule has 0 spiro atoms. The van der Waals surface area contributed by atoms with E-state index in [2.05, 4.69) is 33.0 Å². The van der Waals surface area contributed by atoms with Crippen molar-refractivity contribution in [1.82, 2.24) is 4.90 Å². The molecule has 0 saturated carbocycles. The number of ketones is 1. The van der Waals surface area contributed by atoms with Crippen LogP contribution in [-0.2, 0) is 11.3 Å². The van der Waals surface area contributed by atoms with Gasteiger partial charge in [-0.05, 0) is 40.2 Å². The van der Waals surface area contributed by atoms with Crippen LogP contribution in [0.25, 0.3) is 0 Å². The predicted octanol–water partition coefficient (Wildman–Crippen LogP) is 3.46. The Balaban J connectivity index is 1.84. The summed E-state index contributed by atoms with van der Waals surface area (Å²) in [5, 5.41) is 0. The van der Waals surface area contributed by atoms with Gasteiger partial charge in [0.1, 0.15) is 0 Å². The van der Waals surface area contributed by atoms with Gasteiger partial charge >= 0.3 is 5.91 Å². The van der Waals surface area contributed by atoms with Crippen molar-refractivity contribution in [2.75, 3.05) is 18.1 Å². The number of carbonyl (C=O) groups excluding carboxylic acids is 2. The number of hydrogen-bond acceptors (Lipinski definition) is 3. The first kappa shape index (κ1) is 15.9. The van der Waals surface area contributed by atoms with Crippen molar-refractivity contribution in [2.24, 2.45) is 0 Å². The van der Waals surface area contributed by atoms with E-state index in [0.717, 1.165) is 17.6 Å². The van der Waals surface area contributed by atoms with E-state index in [1.54, 1.807) is 17.0 Å². The third-order valence-electron chi connectivity index (χ3n) is 3.98. The molecule has 1 aliphatic heterocycles. The lowest BCUT2D eigenvalue weighted by atomic mass is 10.1. The Morgan fingerprint density at radius 1 is 1.04 bits per heavy atom. The average molecular weight is 373 g/mol. The van der Waals surface area contributed by atoms with Gasteiger partial charge in [-0.3, -0.25) is 19.4 Å². The van der Waals surface area contributed by atoms with Gasteiger partial charge < -0.3 is 0 Å². The lowest BCUT2D eigenvalue weighted by Gasteiger charge is -2.27. The van der Waals surface area contributed by atoms with Crippen molar-refractivity contribution in [1.29, 1.82) is 0 Å². The molecule has 0 unspecified atom stereocenters. The van der Waals surface area contributed by atoms with Gasteiger partial charge in [0.05, 0.1) is 17.9 Å². The van der Waals surface area contributed by atoms with Crippen molar-refractivity contribution in [3.63, 3.8) is 0 Å². The van der Waals surface area contributed by atoms with E-state index in [1.807, 2.05) is 31.2 Å². The van der Waals surface area contributed by atoms with Crippen LogP contribution in [0.2, 0.25) is 0 Å². The molecule has 0 aliphatic carbocycles. The molecule has 0 radical (unpaired) electrons. The van der Waals surface area contributed by atoms with E-state index in [0.29, 0.717) is 17.9 Å². The number of fused-ring (bicyclic) bond motifs is 1. The third kappa shape index (κ3) is 3.07. The zero-order valence-corrected chi connectivity index (χ0v) is 14.4. The summed E-state index contributed by atoms with van der Waals surface area (Å²) >= 11 is 3.46. The second kappa shape index (κ2) is 6.64. The minimum absolute atomic E-state index is 0.394. The highest BCUT2D eigenvalue weighted by atomic mass is 79.9. The highest BCUT2D eigenvalue weighted by molar-refractivity contribution is 9.10. The molecule has 0 saturated heterocycles. The third-order valence-corrected chi connectivity index (χ3v) is 4.62. The molecule has 0 bridgehead atoms. The van der Waals surface area contributed by atoms with E-state index in [4.69, 9.17) is 0 Å². The number of halogens is 1. The number of anilines is 1. The molecule has 0 aromatic heterocycles. The number of hydrogen-bond donors (Lipinski definition) is 0. The number of nitrogens with zero attached hydrogens (tertiary/aromatic N) is 2. The Morgan fingerprint density at radius 3 is 2.48 bits per heavy atom. The van der Waals surface area contributed by atoms with Gasteiger partial charge in [-0.1, -0.05) is 43.3 Å². The lowest BCUT2D eigenvalue weighted by molar-refractivity contribution is -0.114. The first-order chi connectivity index (χ1) is 11.1. The maximum atomic E-state index is 12.3. The van der Waals surface area contributed by atoms with Crippen molar-refractivity contribution in [3.8, 4) is 0 Å². The fourth-order valence-electron chi connectivity index (χ4n) is 2.75. The topological polar surface area (TPSA) is 40.6 Å². The van der Waals surface area contributed by atoms with Crippen LogP contribution < -0.4 is 4.90 Å². The number of benzene rings is 2. The average Bonchev–Trinajstić information content (AvgIpc) is 2.81. The lowest BCUT2D eigenvalue weighted by Crippen LogP contribution is -2.40. The fourth-order valence-corrected chi connectivity index (χ4v) is 3.33. The molecule has 0 atom stereocenters. The number of Topliss-reactive ketones (excluding diaryl/α,β-unsaturated/α-hetero) is 1. The zero-order chi connectivity index (χ0) is 16.4. The first-order valence-electron chi connectivity index (χ1n) is 7.52. The second-order valence-corrected chi connectivity index (χ2v) is 6.32. The maximum Gasteiger partial charge on any atom is 0.300 e. The molecular formula is C18H17BrN2O2. The number of carbonyl (C=O) groups is 2. The largest absolute Gasteiger partial charge is 0.300 e. The molecule has 2 aromatic rings. The Kier molecular flexibility index (Phi) is 4.59. The normalized spacial score (nSPS) is 13.8. The summed E-state index contributed by atoms with van der Waals surface area (Å²) < 4.78 is 0.768. The standard InChI is InChI=1S/C18H17BrN2O2/c1-2-20(11-13-7-4-3-5-8-13)12-21-16-14(17(22)18(21)23)9-6-10-15(16)19/h3-10H,2,11-12H2,1H3. The summed E-state index contributed by atoms with van der Waals surface area (Å²) in [4.78, 5) is 28.2. The Labute approximate surface area is 143 Å². The molecule has 0 fully saturated rings. The minimum Gasteiger partial charge on any atom is -0.290 e. The summed E-state index contributed by atoms with van der Waals surface area (Å²) in [5.74, 6) is -0.893. The van der Waals surface area contributed by atoms with E-state index in [9.17, 15) is 9.59 Å². The highest BCUT2D eigenvalue weighted by Crippen LogP contribution is 2.36. The van der Waals surface area contributed by atoms with E-state index in [1.165, 1.54) is 5.56 Å². The Hall–Kier alpha value is -1.98. The van der Waals surface area contributed by atoms with Crippen molar-refractivity contribution < 1.29 is 9.59 Å². The second-order valence-electron chi connectivity index (χ2n) is 5.47. The van der Waals surface area contributed by atoms with Gasteiger partial charge in [-0.15, -0.1) is 0 Å². The van der Waals surface area contributed by atoms with Gasteiger partial charge in [0.15, 0.2) is 0 Å². The fraction of sp³-hybridized carbons (Fsp3) is 0.222. The monoisotopic (exact) mass is 372 g/mol. The van der Waals surface area contributed by atoms with Gasteiger partial charge in [-0.2, -0.15) is 0 Å². The minimum atomic E-state index is -0.460. The van der Waals surface area contributed by atoms with Crippen LogP contribution >= 0.6 is 15.9 Å². The van der Waals surface area contributed by atoms with Crippen LogP contribution in [0.15, 0.2) is 53.0 Å². The Morgan fingerprint density at radius 2 is 1.78 bits per heavy atom. The van der Waals surface area contributed by atoms with E-state index >= 15 is 0 Å². The summed E-state index contributed by atoms with van der Waals surface area (Å²) in [6.07, 6.45) is 0.